The Morgan fingerprint density at radius 2 is 2.08 bits per heavy atom. The maximum absolute atomic E-state index is 14.3. The van der Waals surface area contributed by atoms with Crippen LogP contribution >= 0.6 is 30.1 Å². The highest BCUT2D eigenvalue weighted by Crippen LogP contribution is 2.34. The summed E-state index contributed by atoms with van der Waals surface area (Å²) in [5, 5.41) is 2.85. The number of hydrogen-bond donors (Lipinski definition) is 0. The second kappa shape index (κ2) is 7.70. The number of rotatable bonds is 4. The molecule has 2 aromatic rings. The third kappa shape index (κ3) is 3.83. The first-order valence-corrected chi connectivity index (χ1v) is 10.9. The van der Waals surface area contributed by atoms with Gasteiger partial charge in [-0.15, -0.1) is 0 Å². The molecule has 0 spiro atoms. The van der Waals surface area contributed by atoms with Crippen LogP contribution in [-0.2, 0) is 0 Å². The molecule has 0 saturated heterocycles. The highest BCUT2D eigenvalue weighted by molar-refractivity contribution is 14.2. The highest BCUT2D eigenvalue weighted by Gasteiger charge is 2.27. The van der Waals surface area contributed by atoms with Crippen molar-refractivity contribution in [3.8, 4) is 11.2 Å². The molecular formula is C18H14F2INOS. The zero-order valence-corrected chi connectivity index (χ0v) is 15.6. The Morgan fingerprint density at radius 1 is 1.29 bits per heavy atom. The zero-order valence-electron chi connectivity index (χ0n) is 12.6. The van der Waals surface area contributed by atoms with Gasteiger partial charge in [0.2, 0.25) is 0 Å². The number of nitrogens with zero attached hydrogens (tertiary/aromatic N) is 1. The summed E-state index contributed by atoms with van der Waals surface area (Å²) in [7, 11) is 1.32. The largest absolute Gasteiger partial charge is 0.312 e. The van der Waals surface area contributed by atoms with Crippen molar-refractivity contribution in [3.63, 3.8) is 0 Å². The van der Waals surface area contributed by atoms with Crippen LogP contribution in [-0.4, -0.2) is 4.57 Å². The second-order valence-corrected chi connectivity index (χ2v) is 7.37. The Hall–Kier alpha value is -1.33. The predicted octanol–water partition coefficient (Wildman–Crippen LogP) is 5.03. The van der Waals surface area contributed by atoms with Gasteiger partial charge in [-0.1, -0.05) is 12.0 Å². The van der Waals surface area contributed by atoms with Gasteiger partial charge in [0.25, 0.3) is 5.56 Å². The lowest BCUT2D eigenvalue weighted by Crippen LogP contribution is -2.25. The van der Waals surface area contributed by atoms with E-state index in [-0.39, 0.29) is 23.6 Å². The molecule has 1 heterocycles. The fourth-order valence-electron chi connectivity index (χ4n) is 2.77. The molecular weight excluding hydrogens is 443 g/mol. The van der Waals surface area contributed by atoms with Gasteiger partial charge in [0.05, 0.1) is 0 Å². The van der Waals surface area contributed by atoms with Crippen LogP contribution in [0, 0.1) is 22.8 Å². The van der Waals surface area contributed by atoms with Gasteiger partial charge < -0.3 is 4.57 Å². The lowest BCUT2D eigenvalue weighted by Gasteiger charge is -2.17. The maximum atomic E-state index is 14.3. The Bertz CT molecular complexity index is 867. The van der Waals surface area contributed by atoms with Crippen molar-refractivity contribution in [1.29, 1.82) is 0 Å². The predicted molar refractivity (Wildman–Crippen MR) is 101 cm³/mol. The summed E-state index contributed by atoms with van der Waals surface area (Å²) < 4.78 is 29.6. The van der Waals surface area contributed by atoms with Crippen molar-refractivity contribution in [2.24, 2.45) is 0 Å². The standard InChI is InChI=1S/C18H14F2INOS/c19-12-5-8-17(20)16(11-12)14(4-2-10-24-21)15-3-1-9-22(18(15)23)13-6-7-13/h1,3,5,8-9,11,13-14H,4,6-7H2. The van der Waals surface area contributed by atoms with Crippen molar-refractivity contribution in [3.05, 3.63) is 69.6 Å². The minimum absolute atomic E-state index is 0.141. The summed E-state index contributed by atoms with van der Waals surface area (Å²) in [5.74, 6) is 1.31. The molecule has 6 heteroatoms. The van der Waals surface area contributed by atoms with Crippen LogP contribution in [0.4, 0.5) is 8.78 Å². The fraction of sp³-hybridized carbons (Fsp3) is 0.278. The number of halogens is 3. The van der Waals surface area contributed by atoms with Gasteiger partial charge in [0.1, 0.15) is 11.6 Å². The van der Waals surface area contributed by atoms with E-state index in [1.54, 1.807) is 22.9 Å². The summed E-state index contributed by atoms with van der Waals surface area (Å²) in [6.07, 6.45) is 3.98. The molecule has 124 valence electrons. The van der Waals surface area contributed by atoms with Crippen LogP contribution in [0.2, 0.25) is 0 Å². The van der Waals surface area contributed by atoms with E-state index in [2.05, 4.69) is 11.2 Å². The van der Waals surface area contributed by atoms with Crippen molar-refractivity contribution in [2.45, 2.75) is 31.2 Å². The molecule has 0 aliphatic heterocycles. The van der Waals surface area contributed by atoms with E-state index in [9.17, 15) is 13.6 Å². The maximum Gasteiger partial charge on any atom is 0.254 e. The van der Waals surface area contributed by atoms with E-state index in [1.807, 2.05) is 21.2 Å². The lowest BCUT2D eigenvalue weighted by molar-refractivity contribution is 0.573. The Morgan fingerprint density at radius 3 is 2.79 bits per heavy atom. The third-order valence-corrected chi connectivity index (χ3v) is 4.95. The van der Waals surface area contributed by atoms with Crippen LogP contribution in [0.1, 0.15) is 42.3 Å². The van der Waals surface area contributed by atoms with E-state index in [0.29, 0.717) is 5.56 Å². The normalized spacial score (nSPS) is 14.8. The Labute approximate surface area is 155 Å². The van der Waals surface area contributed by atoms with Crippen LogP contribution in [0.15, 0.2) is 41.3 Å². The lowest BCUT2D eigenvalue weighted by atomic mass is 9.89. The minimum atomic E-state index is -0.588. The Kier molecular flexibility index (Phi) is 5.61. The van der Waals surface area contributed by atoms with Gasteiger partial charge in [0.15, 0.2) is 0 Å². The van der Waals surface area contributed by atoms with E-state index < -0.39 is 17.6 Å². The fourth-order valence-corrected chi connectivity index (χ4v) is 3.38. The number of benzene rings is 1. The molecule has 1 aromatic heterocycles. The first-order valence-electron chi connectivity index (χ1n) is 7.53. The molecule has 0 bridgehead atoms. The topological polar surface area (TPSA) is 22.0 Å². The smallest absolute Gasteiger partial charge is 0.254 e. The van der Waals surface area contributed by atoms with Gasteiger partial charge in [-0.05, 0) is 56.9 Å². The summed E-state index contributed by atoms with van der Waals surface area (Å²) in [5.41, 5.74) is 0.493. The summed E-state index contributed by atoms with van der Waals surface area (Å²) in [6.45, 7) is 0. The molecule has 1 atom stereocenters. The summed E-state index contributed by atoms with van der Waals surface area (Å²) >= 11 is 2.05. The Balaban J connectivity index is 2.10. The molecule has 0 radical (unpaired) electrons. The SMILES string of the molecule is O=c1c(C(CC#CSI)c2cc(F)ccc2F)cccn1C1CC1. The molecule has 1 unspecified atom stereocenters. The number of pyridine rings is 1. The average Bonchev–Trinajstić information content (AvgIpc) is 3.40. The second-order valence-electron chi connectivity index (χ2n) is 5.69. The van der Waals surface area contributed by atoms with Crippen molar-refractivity contribution >= 4 is 30.1 Å². The molecule has 1 aliphatic rings. The van der Waals surface area contributed by atoms with E-state index in [0.717, 1.165) is 31.0 Å². The van der Waals surface area contributed by atoms with Crippen LogP contribution in [0.3, 0.4) is 0 Å². The molecule has 3 rings (SSSR count). The van der Waals surface area contributed by atoms with Gasteiger partial charge in [-0.25, -0.2) is 8.78 Å². The van der Waals surface area contributed by atoms with E-state index in [4.69, 9.17) is 0 Å². The molecule has 0 amide bonds. The number of hydrogen-bond acceptors (Lipinski definition) is 2. The van der Waals surface area contributed by atoms with Crippen LogP contribution < -0.4 is 5.56 Å². The first kappa shape index (κ1) is 17.5. The average molecular weight is 457 g/mol. The number of aromatic nitrogens is 1. The molecule has 1 aromatic carbocycles. The molecule has 2 nitrogen and oxygen atoms in total. The minimum Gasteiger partial charge on any atom is -0.312 e. The van der Waals surface area contributed by atoms with Gasteiger partial charge in [-0.3, -0.25) is 4.79 Å². The molecule has 1 fully saturated rings. The molecule has 1 aliphatic carbocycles. The van der Waals surface area contributed by atoms with E-state index >= 15 is 0 Å². The summed E-state index contributed by atoms with van der Waals surface area (Å²) in [4.78, 5) is 12.8. The highest BCUT2D eigenvalue weighted by atomic mass is 127. The molecule has 1 saturated carbocycles. The molecule has 0 N–H and O–H groups in total. The quantitative estimate of drug-likeness (QED) is 0.475. The van der Waals surface area contributed by atoms with Crippen molar-refractivity contribution < 1.29 is 8.78 Å². The van der Waals surface area contributed by atoms with E-state index in [1.165, 1.54) is 8.93 Å². The van der Waals surface area contributed by atoms with Crippen molar-refractivity contribution in [2.75, 3.05) is 0 Å². The first-order chi connectivity index (χ1) is 11.6. The van der Waals surface area contributed by atoms with Gasteiger partial charge in [0, 0.05) is 51.3 Å². The zero-order chi connectivity index (χ0) is 17.1. The van der Waals surface area contributed by atoms with Gasteiger partial charge in [-0.2, -0.15) is 0 Å². The monoisotopic (exact) mass is 457 g/mol. The molecule has 24 heavy (non-hydrogen) atoms. The van der Waals surface area contributed by atoms with Gasteiger partial charge >= 0.3 is 0 Å². The third-order valence-electron chi connectivity index (χ3n) is 4.07. The van der Waals surface area contributed by atoms with Crippen molar-refractivity contribution in [1.82, 2.24) is 4.57 Å². The van der Waals surface area contributed by atoms with Crippen LogP contribution in [0.25, 0.3) is 0 Å². The summed E-state index contributed by atoms with van der Waals surface area (Å²) in [6, 6.07) is 7.05. The van der Waals surface area contributed by atoms with Crippen LogP contribution in [0.5, 0.6) is 0 Å².